The van der Waals surface area contributed by atoms with Crippen LogP contribution in [0.5, 0.6) is 5.88 Å². The van der Waals surface area contributed by atoms with Gasteiger partial charge in [0.1, 0.15) is 40.9 Å². The fraction of sp³-hybridized carbons (Fsp3) is 0.377. The molecule has 101 heavy (non-hydrogen) atoms. The molecule has 5 saturated heterocycles. The Labute approximate surface area is 581 Å². The second kappa shape index (κ2) is 30.5. The number of carbonyl (C=O) groups is 5. The predicted octanol–water partition coefficient (Wildman–Crippen LogP) is 13.6. The Hall–Kier alpha value is -10.5. The van der Waals surface area contributed by atoms with Gasteiger partial charge in [0.2, 0.25) is 17.7 Å². The zero-order chi connectivity index (χ0) is 70.4. The Kier molecular flexibility index (Phi) is 20.9. The Morgan fingerprint density at radius 3 is 1.30 bits per heavy atom. The van der Waals surface area contributed by atoms with E-state index in [9.17, 15) is 41.5 Å². The average molecular weight is 1380 g/mol. The van der Waals surface area contributed by atoms with Crippen molar-refractivity contribution < 1.29 is 50.7 Å². The molecule has 0 bridgehead atoms. The number of pyridine rings is 1. The van der Waals surface area contributed by atoms with Gasteiger partial charge in [-0.25, -0.2) is 32.5 Å². The summed E-state index contributed by atoms with van der Waals surface area (Å²) >= 11 is 0. The summed E-state index contributed by atoms with van der Waals surface area (Å²) in [6.45, 7) is 11.1. The maximum atomic E-state index is 13.4. The van der Waals surface area contributed by atoms with Gasteiger partial charge in [-0.2, -0.15) is 0 Å². The lowest BCUT2D eigenvalue weighted by atomic mass is 9.88. The molecule has 5 fully saturated rings. The highest BCUT2D eigenvalue weighted by Crippen LogP contribution is 2.39. The maximum Gasteiger partial charge on any atom is 0.275 e. The summed E-state index contributed by atoms with van der Waals surface area (Å²) < 4.78 is 65.1. The van der Waals surface area contributed by atoms with Crippen LogP contribution in [0.25, 0.3) is 43.6 Å². The number of nitrogens with one attached hydrogen (secondary N) is 4. The predicted molar refractivity (Wildman–Crippen MR) is 375 cm³/mol. The fourth-order valence-electron chi connectivity index (χ4n) is 15.2. The minimum absolute atomic E-state index is 0.00459. The molecule has 0 radical (unpaired) electrons. The highest BCUT2D eigenvalue weighted by Gasteiger charge is 2.38. The number of piperidine rings is 4. The SMILES string of the molecule is CC(C)CN1CC(C(=O)N2CCC(c3c[nH]c4cc(F)ccc34)CC2)CC1=O.COc1cccc(C(=O)N2CCC(c3c[nH]c4cc(F)ccc34)CC2)n1.Cn1cnc(C(=O)N2CCC(c3c[nH]c4cc(F)ccc34)CC2)c1.O=C(c1cocn1)N1CCC(c2c[nH]c3cc(F)ccc23)CC1. The van der Waals surface area contributed by atoms with Gasteiger partial charge < -0.3 is 58.2 Å². The van der Waals surface area contributed by atoms with E-state index in [1.165, 1.54) is 90.6 Å². The summed E-state index contributed by atoms with van der Waals surface area (Å²) in [4.78, 5) is 96.7. The number of likely N-dealkylation sites (tertiary alicyclic amines) is 5. The number of H-pyrrole nitrogens is 4. The van der Waals surface area contributed by atoms with E-state index >= 15 is 0 Å². The van der Waals surface area contributed by atoms with E-state index in [0.717, 1.165) is 102 Å². The first kappa shape index (κ1) is 69.0. The summed E-state index contributed by atoms with van der Waals surface area (Å²) in [6.07, 6.45) is 21.4. The molecule has 5 amide bonds. The van der Waals surface area contributed by atoms with Crippen molar-refractivity contribution in [2.45, 2.75) is 95.3 Å². The first-order chi connectivity index (χ1) is 48.9. The van der Waals surface area contributed by atoms with E-state index in [1.807, 2.05) is 80.6 Å². The van der Waals surface area contributed by atoms with Gasteiger partial charge in [0.25, 0.3) is 17.7 Å². The van der Waals surface area contributed by atoms with Crippen molar-refractivity contribution in [1.82, 2.24) is 64.0 Å². The highest BCUT2D eigenvalue weighted by molar-refractivity contribution is 5.94. The molecular weight excluding hydrogens is 1290 g/mol. The molecule has 1 unspecified atom stereocenters. The molecule has 4 aromatic carbocycles. The van der Waals surface area contributed by atoms with Crippen molar-refractivity contribution in [3.63, 3.8) is 0 Å². The van der Waals surface area contributed by atoms with E-state index in [4.69, 9.17) is 9.15 Å². The molecule has 20 nitrogen and oxygen atoms in total. The van der Waals surface area contributed by atoms with Crippen LogP contribution in [0.15, 0.2) is 145 Å². The van der Waals surface area contributed by atoms with Gasteiger partial charge in [0, 0.05) is 160 Å². The zero-order valence-electron chi connectivity index (χ0n) is 57.1. The molecule has 16 rings (SSSR count). The minimum atomic E-state index is -0.239. The van der Waals surface area contributed by atoms with Crippen molar-refractivity contribution >= 4 is 73.1 Å². The van der Waals surface area contributed by atoms with Crippen molar-refractivity contribution in [3.05, 3.63) is 204 Å². The molecule has 12 heterocycles. The lowest BCUT2D eigenvalue weighted by Gasteiger charge is -2.33. The molecule has 1 atom stereocenters. The number of aryl methyl sites for hydroxylation is 1. The van der Waals surface area contributed by atoms with Gasteiger partial charge in [0.15, 0.2) is 12.1 Å². The normalized spacial score (nSPS) is 17.3. The highest BCUT2D eigenvalue weighted by atomic mass is 19.1. The Morgan fingerprint density at radius 1 is 0.535 bits per heavy atom. The molecule has 5 aliphatic heterocycles. The molecule has 5 aliphatic rings. The molecule has 0 spiro atoms. The summed E-state index contributed by atoms with van der Waals surface area (Å²) in [7, 11) is 3.39. The van der Waals surface area contributed by atoms with Crippen LogP contribution in [0.2, 0.25) is 0 Å². The third-order valence-corrected chi connectivity index (χ3v) is 20.5. The summed E-state index contributed by atoms with van der Waals surface area (Å²) in [5.74, 6) is 1.27. The number of ether oxygens (including phenoxy) is 1. The van der Waals surface area contributed by atoms with Crippen LogP contribution in [0.4, 0.5) is 17.6 Å². The number of hydrogen-bond donors (Lipinski definition) is 4. The van der Waals surface area contributed by atoms with E-state index < -0.39 is 0 Å². The molecule has 11 aromatic rings. The van der Waals surface area contributed by atoms with Crippen LogP contribution in [0, 0.1) is 35.1 Å². The van der Waals surface area contributed by atoms with Gasteiger partial charge in [-0.1, -0.05) is 19.9 Å². The van der Waals surface area contributed by atoms with Gasteiger partial charge in [-0.05, 0) is 182 Å². The molecular formula is C77H83F4N13O7. The van der Waals surface area contributed by atoms with Crippen LogP contribution in [-0.4, -0.2) is 166 Å². The number of methoxy groups -OCH3 is 1. The number of oxazole rings is 1. The molecule has 0 aliphatic carbocycles. The largest absolute Gasteiger partial charge is 0.481 e. The van der Waals surface area contributed by atoms with Gasteiger partial charge in [0.05, 0.1) is 19.4 Å². The monoisotopic (exact) mass is 1380 g/mol. The number of benzene rings is 4. The second-order valence-electron chi connectivity index (χ2n) is 27.5. The molecule has 7 aromatic heterocycles. The van der Waals surface area contributed by atoms with E-state index in [0.29, 0.717) is 118 Å². The van der Waals surface area contributed by atoms with Crippen LogP contribution < -0.4 is 4.74 Å². The summed E-state index contributed by atoms with van der Waals surface area (Å²) in [6, 6.07) is 24.6. The number of aromatic amines is 4. The number of fused-ring (bicyclic) bond motifs is 4. The van der Waals surface area contributed by atoms with Gasteiger partial charge >= 0.3 is 0 Å². The number of aromatic nitrogens is 8. The van der Waals surface area contributed by atoms with E-state index in [-0.39, 0.29) is 58.7 Å². The topological polar surface area (TPSA) is 231 Å². The number of carbonyl (C=O) groups excluding carboxylic acids is 5. The van der Waals surface area contributed by atoms with E-state index in [1.54, 1.807) is 35.3 Å². The smallest absolute Gasteiger partial charge is 0.275 e. The van der Waals surface area contributed by atoms with Crippen LogP contribution in [0.1, 0.15) is 149 Å². The Balaban J connectivity index is 0.000000121. The Bertz CT molecular complexity index is 4730. The standard InChI is InChI=1S/C22H28FN3O2.C20H20FN3O2.C18H19FN4O.C17H16FN3O2/c1-14(2)12-26-13-16(9-21(26)27)22(28)25-7-5-15(6-8-25)19-11-24-20-10-17(23)3-4-18(19)20;1-26-19-4-2-3-17(23-19)20(25)24-9-7-13(8-10-24)16-12-22-18-11-14(21)5-6-15(16)18;1-22-10-17(21-11-22)18(24)23-6-4-12(5-7-23)15-9-20-16-8-13(19)2-3-14(15)16;18-12-1-2-13-14(8-19-15(13)7-12)11-3-5-21(6-4-11)17(22)16-9-23-10-20-16/h3-4,10-11,14-16,24H,5-9,12-13H2,1-2H3;2-6,11-13,22H,7-10H2,1H3;2-3,8-12,20H,4-7H2,1H3;1-2,7-11,19H,3-6H2. The van der Waals surface area contributed by atoms with Crippen LogP contribution in [-0.2, 0) is 16.6 Å². The van der Waals surface area contributed by atoms with Crippen LogP contribution in [0.3, 0.4) is 0 Å². The number of imidazole rings is 1. The number of nitrogens with zero attached hydrogens (tertiary/aromatic N) is 9. The zero-order valence-corrected chi connectivity index (χ0v) is 57.1. The van der Waals surface area contributed by atoms with Gasteiger partial charge in [-0.15, -0.1) is 0 Å². The third kappa shape index (κ3) is 15.6. The quantitative estimate of drug-likeness (QED) is 0.0895. The third-order valence-electron chi connectivity index (χ3n) is 20.5. The Morgan fingerprint density at radius 2 is 0.931 bits per heavy atom. The van der Waals surface area contributed by atoms with Crippen molar-refractivity contribution in [2.75, 3.05) is 72.6 Å². The van der Waals surface area contributed by atoms with Crippen molar-refractivity contribution in [2.24, 2.45) is 18.9 Å². The van der Waals surface area contributed by atoms with Crippen molar-refractivity contribution in [1.29, 1.82) is 0 Å². The summed E-state index contributed by atoms with van der Waals surface area (Å²) in [5.41, 5.74) is 9.38. The first-order valence-electron chi connectivity index (χ1n) is 34.8. The lowest BCUT2D eigenvalue weighted by Crippen LogP contribution is -2.42. The number of halogens is 4. The van der Waals surface area contributed by atoms with E-state index in [2.05, 4.69) is 48.7 Å². The molecule has 0 saturated carbocycles. The second-order valence-corrected chi connectivity index (χ2v) is 27.5. The summed E-state index contributed by atoms with van der Waals surface area (Å²) in [5, 5.41) is 4.26. The molecule has 4 N–H and O–H groups in total. The maximum absolute atomic E-state index is 13.4. The first-order valence-corrected chi connectivity index (χ1v) is 34.8. The molecule has 24 heteroatoms. The van der Waals surface area contributed by atoms with Crippen molar-refractivity contribution in [3.8, 4) is 5.88 Å². The lowest BCUT2D eigenvalue weighted by molar-refractivity contribution is -0.136. The number of rotatable bonds is 11. The average Bonchev–Trinajstić information content (AvgIpc) is 1.68. The van der Waals surface area contributed by atoms with Gasteiger partial charge in [-0.3, -0.25) is 24.0 Å². The fourth-order valence-corrected chi connectivity index (χ4v) is 15.2. The number of hydrogen-bond acceptors (Lipinski definition) is 10. The minimum Gasteiger partial charge on any atom is -0.481 e. The molecule has 526 valence electrons. The number of amides is 5. The van der Waals surface area contributed by atoms with Crippen LogP contribution >= 0.6 is 0 Å².